The van der Waals surface area contributed by atoms with Gasteiger partial charge in [0.05, 0.1) is 20.6 Å². The minimum absolute atomic E-state index is 0.467. The second-order valence-electron chi connectivity index (χ2n) is 3.15. The topological polar surface area (TPSA) is 110 Å². The summed E-state index contributed by atoms with van der Waals surface area (Å²) in [5.74, 6) is -0.120. The summed E-state index contributed by atoms with van der Waals surface area (Å²) in [6.45, 7) is 0. The van der Waals surface area contributed by atoms with E-state index in [0.29, 0.717) is 17.2 Å². The number of ether oxygens (including phenoxy) is 2. The normalized spacial score (nSPS) is 10.1. The number of hydrogen-bond acceptors (Lipinski definition) is 4. The number of nitrogens with two attached hydrogens (primary N) is 1. The molecule has 0 spiro atoms. The highest BCUT2D eigenvalue weighted by Crippen LogP contribution is 2.29. The van der Waals surface area contributed by atoms with E-state index >= 15 is 0 Å². The third kappa shape index (κ3) is 3.21. The molecule has 0 aliphatic carbocycles. The average molecular weight is 250 g/mol. The van der Waals surface area contributed by atoms with Crippen molar-refractivity contribution >= 4 is 23.8 Å². The van der Waals surface area contributed by atoms with Crippen molar-refractivity contribution in [3.63, 3.8) is 0 Å². The number of amidine groups is 1. The van der Waals surface area contributed by atoms with Crippen molar-refractivity contribution in [3.05, 3.63) is 18.2 Å². The van der Waals surface area contributed by atoms with Crippen molar-refractivity contribution < 1.29 is 14.3 Å². The third-order valence-electron chi connectivity index (χ3n) is 2.06. The van der Waals surface area contributed by atoms with Crippen molar-refractivity contribution in [1.29, 1.82) is 5.41 Å². The van der Waals surface area contributed by atoms with Gasteiger partial charge in [0.25, 0.3) is 5.91 Å². The Labute approximate surface area is 104 Å². The van der Waals surface area contributed by atoms with Gasteiger partial charge in [-0.25, -0.2) is 4.99 Å². The first kappa shape index (κ1) is 13.5. The Morgan fingerprint density at radius 2 is 2.06 bits per heavy atom. The Hall–Kier alpha value is -2.57. The third-order valence-corrected chi connectivity index (χ3v) is 2.06. The lowest BCUT2D eigenvalue weighted by atomic mass is 10.2. The molecule has 0 atom stereocenters. The van der Waals surface area contributed by atoms with Crippen LogP contribution < -0.4 is 20.5 Å². The summed E-state index contributed by atoms with van der Waals surface area (Å²) in [7, 11) is 3.01. The van der Waals surface area contributed by atoms with Gasteiger partial charge in [-0.05, 0) is 12.1 Å². The second kappa shape index (κ2) is 6.24. The highest BCUT2D eigenvalue weighted by Gasteiger charge is 2.10. The fourth-order valence-corrected chi connectivity index (χ4v) is 1.24. The molecule has 0 heterocycles. The molecule has 18 heavy (non-hydrogen) atoms. The molecule has 4 N–H and O–H groups in total. The summed E-state index contributed by atoms with van der Waals surface area (Å²) in [5.41, 5.74) is 5.46. The van der Waals surface area contributed by atoms with Crippen LogP contribution in [0.25, 0.3) is 0 Å². The van der Waals surface area contributed by atoms with Crippen molar-refractivity contribution in [2.45, 2.75) is 0 Å². The summed E-state index contributed by atoms with van der Waals surface area (Å²) in [6.07, 6.45) is 0.885. The highest BCUT2D eigenvalue weighted by molar-refractivity contribution is 6.42. The van der Waals surface area contributed by atoms with E-state index in [1.54, 1.807) is 18.2 Å². The van der Waals surface area contributed by atoms with Gasteiger partial charge < -0.3 is 20.5 Å². The fraction of sp³-hybridized carbons (Fsp3) is 0.182. The summed E-state index contributed by atoms with van der Waals surface area (Å²) < 4.78 is 10.1. The monoisotopic (exact) mass is 250 g/mol. The molecule has 1 rings (SSSR count). The molecule has 0 aliphatic heterocycles. The summed E-state index contributed by atoms with van der Waals surface area (Å²) >= 11 is 0. The molecule has 0 radical (unpaired) electrons. The maximum atomic E-state index is 11.5. The van der Waals surface area contributed by atoms with Crippen LogP contribution in [0.2, 0.25) is 0 Å². The summed E-state index contributed by atoms with van der Waals surface area (Å²) in [6, 6.07) is 4.85. The van der Waals surface area contributed by atoms with E-state index in [-0.39, 0.29) is 0 Å². The molecule has 0 fully saturated rings. The lowest BCUT2D eigenvalue weighted by molar-refractivity contribution is -0.110. The molecule has 1 amide bonds. The van der Waals surface area contributed by atoms with Gasteiger partial charge in [-0.15, -0.1) is 0 Å². The number of aliphatic imine (C=N–C) groups is 1. The molecule has 0 aromatic heterocycles. The smallest absolute Gasteiger partial charge is 0.292 e. The van der Waals surface area contributed by atoms with E-state index in [9.17, 15) is 4.79 Å². The molecular formula is C11H14N4O3. The molecule has 96 valence electrons. The molecule has 0 bridgehead atoms. The Morgan fingerprint density at radius 1 is 1.39 bits per heavy atom. The fourth-order valence-electron chi connectivity index (χ4n) is 1.24. The number of rotatable bonds is 3. The van der Waals surface area contributed by atoms with Crippen LogP contribution in [0.4, 0.5) is 5.69 Å². The van der Waals surface area contributed by atoms with Crippen LogP contribution in [0.15, 0.2) is 23.2 Å². The van der Waals surface area contributed by atoms with Gasteiger partial charge >= 0.3 is 0 Å². The van der Waals surface area contributed by atoms with E-state index in [1.807, 2.05) is 0 Å². The minimum atomic E-state index is -0.663. The van der Waals surface area contributed by atoms with Crippen LogP contribution in [0, 0.1) is 5.41 Å². The number of carbonyl (C=O) groups is 1. The molecule has 0 unspecified atom stereocenters. The van der Waals surface area contributed by atoms with Gasteiger partial charge in [-0.1, -0.05) is 0 Å². The number of nitrogens with one attached hydrogen (secondary N) is 2. The SMILES string of the molecule is COc1ccc(NC(=O)C(=N)/N=C\N)cc1OC. The van der Waals surface area contributed by atoms with Crippen LogP contribution >= 0.6 is 0 Å². The van der Waals surface area contributed by atoms with Gasteiger partial charge in [0.2, 0.25) is 5.84 Å². The Bertz CT molecular complexity index is 485. The van der Waals surface area contributed by atoms with Gasteiger partial charge in [0.1, 0.15) is 0 Å². The van der Waals surface area contributed by atoms with Crippen LogP contribution in [0.1, 0.15) is 0 Å². The average Bonchev–Trinajstić information content (AvgIpc) is 2.38. The highest BCUT2D eigenvalue weighted by atomic mass is 16.5. The maximum absolute atomic E-state index is 11.5. The first-order valence-corrected chi connectivity index (χ1v) is 4.98. The largest absolute Gasteiger partial charge is 0.493 e. The van der Waals surface area contributed by atoms with Gasteiger partial charge in [-0.3, -0.25) is 10.2 Å². The first-order valence-electron chi connectivity index (χ1n) is 4.98. The quantitative estimate of drug-likeness (QED) is 0.539. The van der Waals surface area contributed by atoms with Gasteiger partial charge in [0, 0.05) is 11.8 Å². The number of hydrogen-bond donors (Lipinski definition) is 3. The zero-order valence-corrected chi connectivity index (χ0v) is 10.1. The van der Waals surface area contributed by atoms with Gasteiger partial charge in [0.15, 0.2) is 11.5 Å². The predicted molar refractivity (Wildman–Crippen MR) is 68.6 cm³/mol. The molecule has 1 aromatic rings. The molecule has 0 aliphatic rings. The first-order chi connectivity index (χ1) is 8.62. The second-order valence-corrected chi connectivity index (χ2v) is 3.15. The lowest BCUT2D eigenvalue weighted by Crippen LogP contribution is -2.21. The van der Waals surface area contributed by atoms with Crippen molar-refractivity contribution in [2.24, 2.45) is 10.7 Å². The van der Waals surface area contributed by atoms with Gasteiger partial charge in [-0.2, -0.15) is 0 Å². The maximum Gasteiger partial charge on any atom is 0.292 e. The Balaban J connectivity index is 2.85. The molecule has 0 saturated heterocycles. The van der Waals surface area contributed by atoms with Crippen molar-refractivity contribution in [1.82, 2.24) is 0 Å². The van der Waals surface area contributed by atoms with E-state index in [0.717, 1.165) is 6.34 Å². The lowest BCUT2D eigenvalue weighted by Gasteiger charge is -2.10. The summed E-state index contributed by atoms with van der Waals surface area (Å²) in [4.78, 5) is 14.8. The number of carbonyl (C=O) groups excluding carboxylic acids is 1. The standard InChI is InChI=1S/C11H14N4O3/c1-17-8-4-3-7(5-9(8)18-2)15-11(16)10(13)14-6-12/h3-6H,1-2H3,(H,15,16)(H3,12,13,14). The number of benzene rings is 1. The van der Waals surface area contributed by atoms with Crippen LogP contribution in [-0.4, -0.2) is 32.3 Å². The number of amides is 1. The van der Waals surface area contributed by atoms with E-state index in [2.05, 4.69) is 10.3 Å². The predicted octanol–water partition coefficient (Wildman–Crippen LogP) is 0.607. The van der Waals surface area contributed by atoms with E-state index in [1.165, 1.54) is 14.2 Å². The Kier molecular flexibility index (Phi) is 4.67. The van der Waals surface area contributed by atoms with E-state index < -0.39 is 11.7 Å². The van der Waals surface area contributed by atoms with Crippen molar-refractivity contribution in [2.75, 3.05) is 19.5 Å². The minimum Gasteiger partial charge on any atom is -0.493 e. The zero-order chi connectivity index (χ0) is 13.5. The van der Waals surface area contributed by atoms with Crippen molar-refractivity contribution in [3.8, 4) is 11.5 Å². The van der Waals surface area contributed by atoms with Crippen LogP contribution in [0.5, 0.6) is 11.5 Å². The number of nitrogens with zero attached hydrogens (tertiary/aromatic N) is 1. The van der Waals surface area contributed by atoms with Crippen LogP contribution in [-0.2, 0) is 4.79 Å². The molecule has 1 aromatic carbocycles. The number of anilines is 1. The van der Waals surface area contributed by atoms with Crippen LogP contribution in [0.3, 0.4) is 0 Å². The Morgan fingerprint density at radius 3 is 2.61 bits per heavy atom. The molecular weight excluding hydrogens is 236 g/mol. The molecule has 0 saturated carbocycles. The number of methoxy groups -OCH3 is 2. The van der Waals surface area contributed by atoms with E-state index in [4.69, 9.17) is 20.6 Å². The summed E-state index contributed by atoms with van der Waals surface area (Å²) in [5, 5.41) is 9.76. The molecule has 7 heteroatoms. The zero-order valence-electron chi connectivity index (χ0n) is 10.1. The molecule has 7 nitrogen and oxygen atoms in total.